The van der Waals surface area contributed by atoms with Gasteiger partial charge in [-0.15, -0.1) is 0 Å². The van der Waals surface area contributed by atoms with E-state index < -0.39 is 58.1 Å². The molecule has 0 amide bonds. The van der Waals surface area contributed by atoms with Crippen molar-refractivity contribution in [2.24, 2.45) is 9.98 Å². The van der Waals surface area contributed by atoms with Gasteiger partial charge in [0.2, 0.25) is 0 Å². The summed E-state index contributed by atoms with van der Waals surface area (Å²) in [6.45, 7) is 0. The summed E-state index contributed by atoms with van der Waals surface area (Å²) in [7, 11) is 0. The number of hydrogen-bond donors (Lipinski definition) is 0. The van der Waals surface area contributed by atoms with Gasteiger partial charge in [-0.2, -0.15) is 52.7 Å². The fourth-order valence-electron chi connectivity index (χ4n) is 5.75. The molecule has 0 aliphatic rings. The summed E-state index contributed by atoms with van der Waals surface area (Å²) < 4.78 is 165. The second kappa shape index (κ2) is 13.1. The summed E-state index contributed by atoms with van der Waals surface area (Å²) in [6, 6.07) is 21.0. The Hall–Kier alpha value is -5.66. The van der Waals surface area contributed by atoms with Crippen molar-refractivity contribution < 1.29 is 52.7 Å². The maximum atomic E-state index is 13.9. The minimum atomic E-state index is -5.05. The van der Waals surface area contributed by atoms with Crippen LogP contribution in [-0.4, -0.2) is 12.4 Å². The van der Waals surface area contributed by atoms with E-state index in [9.17, 15) is 52.7 Å². The molecule has 0 aliphatic heterocycles. The second-order valence-corrected chi connectivity index (χ2v) is 11.5. The first kappa shape index (κ1) is 36.1. The number of benzene rings is 6. The Labute approximate surface area is 286 Å². The van der Waals surface area contributed by atoms with Crippen molar-refractivity contribution in [2.75, 3.05) is 0 Å². The molecule has 0 unspecified atom stereocenters. The van der Waals surface area contributed by atoms with Crippen molar-refractivity contribution >= 4 is 45.3 Å². The normalized spacial score (nSPS) is 13.2. The van der Waals surface area contributed by atoms with Crippen LogP contribution in [0, 0.1) is 0 Å². The Kier molecular flexibility index (Phi) is 9.14. The predicted octanol–water partition coefficient (Wildman–Crippen LogP) is 13.2. The van der Waals surface area contributed by atoms with E-state index in [1.165, 1.54) is 12.1 Å². The molecule has 52 heavy (non-hydrogen) atoms. The molecule has 0 aliphatic carbocycles. The Morgan fingerprint density at radius 2 is 0.750 bits per heavy atom. The topological polar surface area (TPSA) is 24.7 Å². The summed E-state index contributed by atoms with van der Waals surface area (Å²) >= 11 is 0. The van der Waals surface area contributed by atoms with E-state index in [1.807, 2.05) is 0 Å². The molecule has 6 aromatic rings. The third kappa shape index (κ3) is 7.37. The first-order valence-corrected chi connectivity index (χ1v) is 15.0. The number of alkyl halides is 12. The van der Waals surface area contributed by atoms with Crippen LogP contribution >= 0.6 is 0 Å². The quantitative estimate of drug-likeness (QED) is 0.125. The molecule has 0 saturated heterocycles. The molecular weight excluding hydrogens is 712 g/mol. The Bertz CT molecular complexity index is 2200. The molecule has 0 fully saturated rings. The van der Waals surface area contributed by atoms with Crippen LogP contribution in [0.1, 0.15) is 33.4 Å². The Morgan fingerprint density at radius 1 is 0.385 bits per heavy atom. The molecule has 0 heterocycles. The third-order valence-electron chi connectivity index (χ3n) is 8.12. The van der Waals surface area contributed by atoms with Gasteiger partial charge in [-0.25, -0.2) is 0 Å². The molecule has 0 N–H and O–H groups in total. The Morgan fingerprint density at radius 3 is 1.10 bits per heavy atom. The number of halogens is 12. The Balaban J connectivity index is 1.62. The van der Waals surface area contributed by atoms with Gasteiger partial charge in [0.05, 0.1) is 33.6 Å². The monoisotopic (exact) mass is 732 g/mol. The van der Waals surface area contributed by atoms with E-state index in [4.69, 9.17) is 0 Å². The molecule has 2 nitrogen and oxygen atoms in total. The van der Waals surface area contributed by atoms with Crippen molar-refractivity contribution in [3.8, 4) is 11.1 Å². The average molecular weight is 733 g/mol. The number of nitrogens with zero attached hydrogens (tertiary/aromatic N) is 2. The number of aliphatic imine (C=N–C) groups is 2. The fourth-order valence-corrected chi connectivity index (χ4v) is 5.75. The van der Waals surface area contributed by atoms with E-state index in [-0.39, 0.29) is 22.5 Å². The average Bonchev–Trinajstić information content (AvgIpc) is 3.07. The number of hydrogen-bond acceptors (Lipinski definition) is 2. The van der Waals surface area contributed by atoms with E-state index in [0.29, 0.717) is 70.4 Å². The SMILES string of the molecule is FC(F)(F)c1ccc(C(F)(F)F)c(C=Nc2ccc3ccccc3c2-c2c(N=Cc3cc(C(F)(F)F)ccc3C(F)(F)F)ccc3ccccc23)c1. The van der Waals surface area contributed by atoms with Crippen molar-refractivity contribution in [3.05, 3.63) is 143 Å². The predicted molar refractivity (Wildman–Crippen MR) is 174 cm³/mol. The van der Waals surface area contributed by atoms with Gasteiger partial charge in [0.1, 0.15) is 0 Å². The van der Waals surface area contributed by atoms with Crippen molar-refractivity contribution in [2.45, 2.75) is 24.7 Å². The van der Waals surface area contributed by atoms with Gasteiger partial charge in [0.15, 0.2) is 0 Å². The lowest BCUT2D eigenvalue weighted by molar-refractivity contribution is -0.141. The lowest BCUT2D eigenvalue weighted by atomic mass is 9.91. The van der Waals surface area contributed by atoms with Crippen LogP contribution in [0.2, 0.25) is 0 Å². The van der Waals surface area contributed by atoms with Crippen LogP contribution in [-0.2, 0) is 24.7 Å². The fraction of sp³-hybridized carbons (Fsp3) is 0.105. The van der Waals surface area contributed by atoms with E-state index in [2.05, 4.69) is 9.98 Å². The highest BCUT2D eigenvalue weighted by Gasteiger charge is 2.38. The van der Waals surface area contributed by atoms with Gasteiger partial charge in [-0.1, -0.05) is 60.7 Å². The van der Waals surface area contributed by atoms with Crippen LogP contribution in [0.4, 0.5) is 64.1 Å². The zero-order chi connectivity index (χ0) is 37.6. The third-order valence-corrected chi connectivity index (χ3v) is 8.12. The van der Waals surface area contributed by atoms with Crippen molar-refractivity contribution in [3.63, 3.8) is 0 Å². The van der Waals surface area contributed by atoms with Crippen LogP contribution < -0.4 is 0 Å². The molecule has 0 saturated carbocycles. The molecule has 6 aromatic carbocycles. The maximum Gasteiger partial charge on any atom is 0.417 e. The van der Waals surface area contributed by atoms with Gasteiger partial charge in [-0.05, 0) is 70.1 Å². The minimum Gasteiger partial charge on any atom is -0.256 e. The molecule has 0 atom stereocenters. The molecule has 0 spiro atoms. The molecule has 6 rings (SSSR count). The molecule has 14 heteroatoms. The van der Waals surface area contributed by atoms with Crippen LogP contribution in [0.25, 0.3) is 32.7 Å². The zero-order valence-corrected chi connectivity index (χ0v) is 26.0. The largest absolute Gasteiger partial charge is 0.417 e. The lowest BCUT2D eigenvalue weighted by Crippen LogP contribution is -2.12. The van der Waals surface area contributed by atoms with Crippen molar-refractivity contribution in [1.82, 2.24) is 0 Å². The van der Waals surface area contributed by atoms with Gasteiger partial charge >= 0.3 is 24.7 Å². The number of fused-ring (bicyclic) bond motifs is 2. The standard InChI is InChI=1S/C38H20F12N2/c39-35(40,41)25-11-13-29(37(45,46)47)23(17-25)19-51-31-15-9-21-5-1-3-7-27(21)33(31)34-28-8-4-2-6-22(28)10-16-32(34)52-20-24-18-26(36(42,43)44)12-14-30(24)38(48,49)50/h1-20H. The molecule has 0 radical (unpaired) electrons. The first-order chi connectivity index (χ1) is 24.3. The summed E-state index contributed by atoms with van der Waals surface area (Å²) in [5.74, 6) is 0. The zero-order valence-electron chi connectivity index (χ0n) is 26.0. The minimum absolute atomic E-state index is 0.0490. The summed E-state index contributed by atoms with van der Waals surface area (Å²) in [4.78, 5) is 8.47. The molecular formula is C38H20F12N2. The van der Waals surface area contributed by atoms with Crippen LogP contribution in [0.5, 0.6) is 0 Å². The smallest absolute Gasteiger partial charge is 0.256 e. The highest BCUT2D eigenvalue weighted by molar-refractivity contribution is 6.13. The molecule has 266 valence electrons. The van der Waals surface area contributed by atoms with Gasteiger partial charge < -0.3 is 0 Å². The summed E-state index contributed by atoms with van der Waals surface area (Å²) in [5.41, 5.74) is -6.95. The summed E-state index contributed by atoms with van der Waals surface area (Å²) in [6.07, 6.45) is -18.8. The van der Waals surface area contributed by atoms with Crippen molar-refractivity contribution in [1.29, 1.82) is 0 Å². The second-order valence-electron chi connectivity index (χ2n) is 11.5. The first-order valence-electron chi connectivity index (χ1n) is 15.0. The van der Waals surface area contributed by atoms with Gasteiger partial charge in [0, 0.05) is 34.7 Å². The van der Waals surface area contributed by atoms with E-state index >= 15 is 0 Å². The highest BCUT2D eigenvalue weighted by Crippen LogP contribution is 2.46. The van der Waals surface area contributed by atoms with Crippen LogP contribution in [0.15, 0.2) is 119 Å². The highest BCUT2D eigenvalue weighted by atomic mass is 19.4. The van der Waals surface area contributed by atoms with E-state index in [1.54, 1.807) is 60.7 Å². The summed E-state index contributed by atoms with van der Waals surface area (Å²) in [5, 5.41) is 2.01. The molecule has 0 aromatic heterocycles. The maximum absolute atomic E-state index is 13.9. The molecule has 0 bridgehead atoms. The van der Waals surface area contributed by atoms with Crippen LogP contribution in [0.3, 0.4) is 0 Å². The number of rotatable bonds is 5. The van der Waals surface area contributed by atoms with E-state index in [0.717, 1.165) is 0 Å². The van der Waals surface area contributed by atoms with Gasteiger partial charge in [0.25, 0.3) is 0 Å². The van der Waals surface area contributed by atoms with Gasteiger partial charge in [-0.3, -0.25) is 9.98 Å². The lowest BCUT2D eigenvalue weighted by Gasteiger charge is -2.17.